The van der Waals surface area contributed by atoms with Crippen molar-refractivity contribution in [3.05, 3.63) is 233 Å². The van der Waals surface area contributed by atoms with E-state index in [1.807, 2.05) is 67.0 Å². The van der Waals surface area contributed by atoms with E-state index in [9.17, 15) is 15.8 Å². The molecule has 0 bridgehead atoms. The quantitative estimate of drug-likeness (QED) is 0.174. The van der Waals surface area contributed by atoms with Crippen LogP contribution in [0.15, 0.2) is 204 Å². The summed E-state index contributed by atoms with van der Waals surface area (Å²) in [6, 6.07) is 70.3. The summed E-state index contributed by atoms with van der Waals surface area (Å²) in [4.78, 5) is 12.8. The molecule has 1 unspecified atom stereocenters. The van der Waals surface area contributed by atoms with Gasteiger partial charge in [-0.15, -0.1) is 0 Å². The van der Waals surface area contributed by atoms with Gasteiger partial charge in [0.2, 0.25) is 0 Å². The lowest BCUT2D eigenvalue weighted by atomic mass is 9.67. The Morgan fingerprint density at radius 3 is 1.54 bits per heavy atom. The van der Waals surface area contributed by atoms with Gasteiger partial charge in [0.15, 0.2) is 0 Å². The lowest BCUT2D eigenvalue weighted by molar-refractivity contribution is 0.711. The van der Waals surface area contributed by atoms with Gasteiger partial charge in [-0.25, -0.2) is 0 Å². The van der Waals surface area contributed by atoms with Gasteiger partial charge in [-0.05, 0) is 120 Å². The van der Waals surface area contributed by atoms with Gasteiger partial charge >= 0.3 is 0 Å². The van der Waals surface area contributed by atoms with Crippen LogP contribution in [0, 0.1) is 34.0 Å². The monoisotopic (exact) mass is 920 g/mol. The molecule has 0 fully saturated rings. The zero-order chi connectivity index (χ0) is 47.1. The Hall–Kier alpha value is -9.72. The molecule has 1 aliphatic heterocycles. The fourth-order valence-electron chi connectivity index (χ4n) is 12.1. The van der Waals surface area contributed by atoms with E-state index in [4.69, 9.17) is 9.97 Å². The molecule has 0 radical (unpaired) electrons. The maximum Gasteiger partial charge on any atom is 0.0991 e. The summed E-state index contributed by atoms with van der Waals surface area (Å²) in [5.41, 5.74) is 15.9. The molecule has 1 atom stereocenters. The molecular formula is C62H32N8S. The van der Waals surface area contributed by atoms with E-state index in [0.29, 0.717) is 16.7 Å². The van der Waals surface area contributed by atoms with E-state index in [1.165, 1.54) is 0 Å². The second kappa shape index (κ2) is 14.4. The van der Waals surface area contributed by atoms with Crippen molar-refractivity contribution in [1.82, 2.24) is 23.7 Å². The predicted molar refractivity (Wildman–Crippen MR) is 281 cm³/mol. The van der Waals surface area contributed by atoms with Gasteiger partial charge in [-0.1, -0.05) is 84.6 Å². The minimum absolute atomic E-state index is 0.606. The first-order valence-corrected chi connectivity index (χ1v) is 24.1. The number of aromatic nitrogens is 5. The summed E-state index contributed by atoms with van der Waals surface area (Å²) >= 11 is 1.77. The molecular weight excluding hydrogens is 889 g/mol. The normalized spacial score (nSPS) is 14.4. The summed E-state index contributed by atoms with van der Waals surface area (Å²) in [6.07, 6.45) is 3.83. The van der Waals surface area contributed by atoms with Gasteiger partial charge in [0, 0.05) is 65.1 Å². The summed E-state index contributed by atoms with van der Waals surface area (Å²) in [6.45, 7) is 0. The first-order chi connectivity index (χ1) is 35.1. The van der Waals surface area contributed by atoms with Gasteiger partial charge < -0.3 is 13.7 Å². The van der Waals surface area contributed by atoms with Gasteiger partial charge in [0.25, 0.3) is 0 Å². The van der Waals surface area contributed by atoms with Gasteiger partial charge in [0.05, 0.1) is 102 Å². The summed E-state index contributed by atoms with van der Waals surface area (Å²) < 4.78 is 6.97. The molecule has 0 saturated carbocycles. The van der Waals surface area contributed by atoms with Crippen molar-refractivity contribution in [2.75, 3.05) is 0 Å². The Morgan fingerprint density at radius 1 is 0.394 bits per heavy atom. The minimum atomic E-state index is -0.938. The number of hydrogen-bond donors (Lipinski definition) is 0. The molecule has 13 aromatic rings. The largest absolute Gasteiger partial charge is 0.309 e. The third kappa shape index (κ3) is 5.16. The SMILES string of the molecule is N#Cc1ccc2c(c1)c1ccccc1n2-c1ccc2c(c1)Sc1cccc(-n3c4ccccc4c4cc(C#N)ccc43)c1C21c2cccnc2-c2ncc(-n3c4ccccc4c4cc(C#N)ccc43)cc21. The van der Waals surface area contributed by atoms with Crippen LogP contribution in [0.4, 0.5) is 0 Å². The summed E-state index contributed by atoms with van der Waals surface area (Å²) in [5.74, 6) is 0. The molecule has 8 aromatic carbocycles. The van der Waals surface area contributed by atoms with Gasteiger partial charge in [-0.3, -0.25) is 9.97 Å². The molecule has 71 heavy (non-hydrogen) atoms. The average molecular weight is 921 g/mol. The molecule has 5 aromatic heterocycles. The molecule has 6 heterocycles. The molecule has 9 heteroatoms. The first kappa shape index (κ1) is 39.3. The topological polar surface area (TPSA) is 112 Å². The summed E-state index contributed by atoms with van der Waals surface area (Å²) in [7, 11) is 0. The van der Waals surface area contributed by atoms with Crippen LogP contribution in [0.5, 0.6) is 0 Å². The third-order valence-corrected chi connectivity index (χ3v) is 16.0. The molecule has 1 aliphatic carbocycles. The lowest BCUT2D eigenvalue weighted by Crippen LogP contribution is -2.33. The highest BCUT2D eigenvalue weighted by Gasteiger charge is 2.53. The van der Waals surface area contributed by atoms with Crippen LogP contribution in [0.2, 0.25) is 0 Å². The zero-order valence-corrected chi connectivity index (χ0v) is 38.3. The number of rotatable bonds is 3. The van der Waals surface area contributed by atoms with Crippen LogP contribution in [-0.4, -0.2) is 23.7 Å². The van der Waals surface area contributed by atoms with Crippen LogP contribution in [0.25, 0.3) is 93.9 Å². The molecule has 15 rings (SSSR count). The maximum atomic E-state index is 10.1. The third-order valence-electron chi connectivity index (χ3n) is 14.8. The van der Waals surface area contributed by atoms with E-state index in [1.54, 1.807) is 11.8 Å². The van der Waals surface area contributed by atoms with Crippen LogP contribution >= 0.6 is 11.8 Å². The molecule has 2 aliphatic rings. The second-order valence-electron chi connectivity index (χ2n) is 18.3. The van der Waals surface area contributed by atoms with Gasteiger partial charge in [0.1, 0.15) is 0 Å². The van der Waals surface area contributed by atoms with E-state index >= 15 is 0 Å². The fraction of sp³-hybridized carbons (Fsp3) is 0.0161. The molecule has 0 saturated heterocycles. The number of nitriles is 3. The number of fused-ring (bicyclic) bond motifs is 18. The van der Waals surface area contributed by atoms with Crippen molar-refractivity contribution < 1.29 is 0 Å². The smallest absolute Gasteiger partial charge is 0.0991 e. The van der Waals surface area contributed by atoms with Crippen molar-refractivity contribution in [1.29, 1.82) is 15.8 Å². The Morgan fingerprint density at radius 2 is 0.930 bits per heavy atom. The van der Waals surface area contributed by atoms with E-state index in [0.717, 1.165) is 126 Å². The standard InChI is InChI=1S/C62H32N8S/c63-32-36-18-23-53-44(27-36)41-9-1-4-13-50(41)68(53)39-21-22-47-58(31-39)71-57-17-7-16-56(70-52-15-6-3-11-43(52)46-29-38(34-65)20-25-55(46)70)59(57)62(47)48-12-8-26-66-60(48)61-49(62)30-40(35-67-61)69-51-14-5-2-10-42(51)45-28-37(33-64)19-24-54(45)69/h1-31,35H. The van der Waals surface area contributed by atoms with Crippen molar-refractivity contribution in [2.45, 2.75) is 15.2 Å². The van der Waals surface area contributed by atoms with Crippen LogP contribution in [0.1, 0.15) is 38.9 Å². The van der Waals surface area contributed by atoms with Crippen molar-refractivity contribution >= 4 is 77.2 Å². The second-order valence-corrected chi connectivity index (χ2v) is 19.3. The number of benzene rings is 8. The number of nitrogens with zero attached hydrogens (tertiary/aromatic N) is 8. The highest BCUT2D eigenvalue weighted by atomic mass is 32.2. The number of para-hydroxylation sites is 3. The minimum Gasteiger partial charge on any atom is -0.309 e. The lowest BCUT2D eigenvalue weighted by Gasteiger charge is -2.41. The van der Waals surface area contributed by atoms with Crippen molar-refractivity contribution in [2.24, 2.45) is 0 Å². The molecule has 326 valence electrons. The highest BCUT2D eigenvalue weighted by Crippen LogP contribution is 2.63. The average Bonchev–Trinajstić information content (AvgIpc) is 4.14. The molecule has 0 N–H and O–H groups in total. The van der Waals surface area contributed by atoms with Crippen molar-refractivity contribution in [3.63, 3.8) is 0 Å². The highest BCUT2D eigenvalue weighted by molar-refractivity contribution is 7.99. The van der Waals surface area contributed by atoms with Gasteiger partial charge in [-0.2, -0.15) is 15.8 Å². The fourth-order valence-corrected chi connectivity index (χ4v) is 13.3. The predicted octanol–water partition coefficient (Wildman–Crippen LogP) is 14.2. The Bertz CT molecular complexity index is 4680. The maximum absolute atomic E-state index is 10.1. The Balaban J connectivity index is 1.07. The molecule has 8 nitrogen and oxygen atoms in total. The van der Waals surface area contributed by atoms with Crippen LogP contribution in [0.3, 0.4) is 0 Å². The van der Waals surface area contributed by atoms with Crippen LogP contribution in [-0.2, 0) is 5.41 Å². The molecule has 0 amide bonds. The Kier molecular flexibility index (Phi) is 7.97. The number of hydrogen-bond acceptors (Lipinski definition) is 6. The first-order valence-electron chi connectivity index (χ1n) is 23.3. The Labute approximate surface area is 409 Å². The zero-order valence-electron chi connectivity index (χ0n) is 37.5. The van der Waals surface area contributed by atoms with Crippen LogP contribution < -0.4 is 0 Å². The van der Waals surface area contributed by atoms with Crippen molar-refractivity contribution in [3.8, 4) is 46.7 Å². The molecule has 1 spiro atoms. The van der Waals surface area contributed by atoms with E-state index < -0.39 is 5.41 Å². The van der Waals surface area contributed by atoms with E-state index in [2.05, 4.69) is 159 Å². The van der Waals surface area contributed by atoms with E-state index in [-0.39, 0.29) is 0 Å². The number of pyridine rings is 2. The summed E-state index contributed by atoms with van der Waals surface area (Å²) in [5, 5.41) is 36.3.